The molecule has 1 rings (SSSR count). The molecule has 7 heteroatoms. The highest BCUT2D eigenvalue weighted by Gasteiger charge is 2.40. The van der Waals surface area contributed by atoms with Gasteiger partial charge in [-0.1, -0.05) is 6.07 Å². The van der Waals surface area contributed by atoms with Crippen molar-refractivity contribution >= 4 is 21.8 Å². The maximum Gasteiger partial charge on any atom is 0.324 e. The summed E-state index contributed by atoms with van der Waals surface area (Å²) in [6.07, 6.45) is -3.81. The standard InChI is InChI=1S/C11H10BrF4NO/c1-6-2-3-7(8(12)4-6)9(18)17-5-11(15,16)10(13)14/h2-4,10H,5H2,1H3,(H,17,18). The normalized spacial score (nSPS) is 11.7. The van der Waals surface area contributed by atoms with Crippen LogP contribution in [0.2, 0.25) is 0 Å². The van der Waals surface area contributed by atoms with E-state index in [9.17, 15) is 22.4 Å². The summed E-state index contributed by atoms with van der Waals surface area (Å²) in [4.78, 5) is 11.5. The molecule has 1 aromatic rings. The lowest BCUT2D eigenvalue weighted by atomic mass is 10.1. The molecule has 0 aromatic heterocycles. The molecule has 0 aliphatic rings. The minimum absolute atomic E-state index is 0.116. The number of hydrogen-bond donors (Lipinski definition) is 1. The van der Waals surface area contributed by atoms with Crippen molar-refractivity contribution in [1.29, 1.82) is 0 Å². The number of aryl methyl sites for hydroxylation is 1. The first-order chi connectivity index (χ1) is 8.24. The van der Waals surface area contributed by atoms with Gasteiger partial charge in [0, 0.05) is 4.47 Å². The van der Waals surface area contributed by atoms with E-state index in [-0.39, 0.29) is 5.56 Å². The molecular weight excluding hydrogens is 318 g/mol. The molecule has 0 saturated heterocycles. The Morgan fingerprint density at radius 3 is 2.56 bits per heavy atom. The van der Waals surface area contributed by atoms with Crippen LogP contribution in [-0.4, -0.2) is 24.8 Å². The molecule has 0 aliphatic carbocycles. The number of carbonyl (C=O) groups excluding carboxylic acids is 1. The van der Waals surface area contributed by atoms with Crippen molar-refractivity contribution in [3.8, 4) is 0 Å². The van der Waals surface area contributed by atoms with E-state index in [4.69, 9.17) is 0 Å². The van der Waals surface area contributed by atoms with E-state index in [1.807, 2.05) is 0 Å². The Labute approximate surface area is 109 Å². The first-order valence-corrected chi connectivity index (χ1v) is 5.73. The molecule has 0 fully saturated rings. The predicted octanol–water partition coefficient (Wildman–Crippen LogP) is 3.39. The third-order valence-corrected chi connectivity index (χ3v) is 2.83. The maximum absolute atomic E-state index is 12.6. The summed E-state index contributed by atoms with van der Waals surface area (Å²) in [5.74, 6) is -5.06. The molecule has 1 amide bonds. The number of benzene rings is 1. The van der Waals surface area contributed by atoms with Crippen LogP contribution in [0.4, 0.5) is 17.6 Å². The summed E-state index contributed by atoms with van der Waals surface area (Å²) in [6, 6.07) is 4.67. The summed E-state index contributed by atoms with van der Waals surface area (Å²) in [5.41, 5.74) is 0.988. The van der Waals surface area contributed by atoms with E-state index in [1.165, 1.54) is 6.07 Å². The Bertz CT molecular complexity index is 451. The Balaban J connectivity index is 2.72. The van der Waals surface area contributed by atoms with Crippen LogP contribution in [0.5, 0.6) is 0 Å². The average Bonchev–Trinajstić information content (AvgIpc) is 2.25. The van der Waals surface area contributed by atoms with Gasteiger partial charge in [0.05, 0.1) is 12.1 Å². The lowest BCUT2D eigenvalue weighted by molar-refractivity contribution is -0.123. The minimum atomic E-state index is -4.23. The molecule has 0 aliphatic heterocycles. The van der Waals surface area contributed by atoms with Gasteiger partial charge in [-0.2, -0.15) is 8.78 Å². The predicted molar refractivity (Wildman–Crippen MR) is 62.2 cm³/mol. The molecule has 0 saturated carbocycles. The number of alkyl halides is 4. The van der Waals surface area contributed by atoms with Crippen LogP contribution in [0.25, 0.3) is 0 Å². The van der Waals surface area contributed by atoms with Gasteiger partial charge in [0.2, 0.25) is 0 Å². The zero-order chi connectivity index (χ0) is 13.9. The van der Waals surface area contributed by atoms with Crippen LogP contribution >= 0.6 is 15.9 Å². The summed E-state index contributed by atoms with van der Waals surface area (Å²) in [6.45, 7) is 0.390. The minimum Gasteiger partial charge on any atom is -0.346 e. The number of halogens is 5. The van der Waals surface area contributed by atoms with Crippen molar-refractivity contribution in [2.75, 3.05) is 6.54 Å². The average molecular weight is 328 g/mol. The Morgan fingerprint density at radius 2 is 2.06 bits per heavy atom. The lowest BCUT2D eigenvalue weighted by Gasteiger charge is -2.16. The van der Waals surface area contributed by atoms with Gasteiger partial charge in [-0.05, 0) is 40.5 Å². The largest absolute Gasteiger partial charge is 0.346 e. The van der Waals surface area contributed by atoms with Crippen molar-refractivity contribution < 1.29 is 22.4 Å². The van der Waals surface area contributed by atoms with Gasteiger partial charge in [0.15, 0.2) is 0 Å². The van der Waals surface area contributed by atoms with Crippen LogP contribution in [-0.2, 0) is 0 Å². The van der Waals surface area contributed by atoms with Gasteiger partial charge in [0.1, 0.15) is 0 Å². The Hall–Kier alpha value is -1.11. The highest BCUT2D eigenvalue weighted by Crippen LogP contribution is 2.22. The van der Waals surface area contributed by atoms with Crippen LogP contribution < -0.4 is 5.32 Å². The first kappa shape index (κ1) is 14.9. The van der Waals surface area contributed by atoms with Crippen molar-refractivity contribution in [2.24, 2.45) is 0 Å². The quantitative estimate of drug-likeness (QED) is 0.844. The maximum atomic E-state index is 12.6. The highest BCUT2D eigenvalue weighted by molar-refractivity contribution is 9.10. The van der Waals surface area contributed by atoms with Gasteiger partial charge < -0.3 is 5.32 Å². The zero-order valence-electron chi connectivity index (χ0n) is 9.31. The van der Waals surface area contributed by atoms with Gasteiger partial charge in [-0.15, -0.1) is 0 Å². The highest BCUT2D eigenvalue weighted by atomic mass is 79.9. The topological polar surface area (TPSA) is 29.1 Å². The van der Waals surface area contributed by atoms with E-state index in [0.717, 1.165) is 5.56 Å². The summed E-state index contributed by atoms with van der Waals surface area (Å²) in [5, 5.41) is 1.78. The van der Waals surface area contributed by atoms with Crippen LogP contribution in [0.1, 0.15) is 15.9 Å². The number of amides is 1. The van der Waals surface area contributed by atoms with E-state index in [0.29, 0.717) is 4.47 Å². The van der Waals surface area contributed by atoms with Crippen molar-refractivity contribution in [2.45, 2.75) is 19.3 Å². The second kappa shape index (κ2) is 5.69. The molecule has 0 bridgehead atoms. The molecular formula is C11H10BrF4NO. The van der Waals surface area contributed by atoms with Crippen LogP contribution in [0, 0.1) is 6.92 Å². The lowest BCUT2D eigenvalue weighted by Crippen LogP contribution is -2.41. The number of hydrogen-bond acceptors (Lipinski definition) is 1. The third-order valence-electron chi connectivity index (χ3n) is 2.17. The number of rotatable bonds is 4. The van der Waals surface area contributed by atoms with Crippen molar-refractivity contribution in [1.82, 2.24) is 5.32 Å². The monoisotopic (exact) mass is 327 g/mol. The molecule has 0 unspecified atom stereocenters. The third kappa shape index (κ3) is 3.69. The van der Waals surface area contributed by atoms with Crippen molar-refractivity contribution in [3.05, 3.63) is 33.8 Å². The second-order valence-electron chi connectivity index (χ2n) is 3.73. The fourth-order valence-electron chi connectivity index (χ4n) is 1.17. The zero-order valence-corrected chi connectivity index (χ0v) is 10.9. The van der Waals surface area contributed by atoms with Gasteiger partial charge in [-0.3, -0.25) is 4.79 Å². The summed E-state index contributed by atoms with van der Waals surface area (Å²) in [7, 11) is 0. The molecule has 0 spiro atoms. The molecule has 100 valence electrons. The molecule has 1 N–H and O–H groups in total. The molecule has 0 heterocycles. The van der Waals surface area contributed by atoms with Gasteiger partial charge >= 0.3 is 12.3 Å². The molecule has 0 radical (unpaired) electrons. The molecule has 2 nitrogen and oxygen atoms in total. The fourth-order valence-corrected chi connectivity index (χ4v) is 1.85. The first-order valence-electron chi connectivity index (χ1n) is 4.94. The SMILES string of the molecule is Cc1ccc(C(=O)NCC(F)(F)C(F)F)c(Br)c1. The second-order valence-corrected chi connectivity index (χ2v) is 4.58. The number of carbonyl (C=O) groups is 1. The van der Waals surface area contributed by atoms with Crippen LogP contribution in [0.15, 0.2) is 22.7 Å². The van der Waals surface area contributed by atoms with Gasteiger partial charge in [-0.25, -0.2) is 8.78 Å². The van der Waals surface area contributed by atoms with E-state index in [1.54, 1.807) is 24.4 Å². The molecule has 1 aromatic carbocycles. The summed E-state index contributed by atoms with van der Waals surface area (Å²) >= 11 is 3.10. The fraction of sp³-hybridized carbons (Fsp3) is 0.364. The van der Waals surface area contributed by atoms with Gasteiger partial charge in [0.25, 0.3) is 5.91 Å². The van der Waals surface area contributed by atoms with E-state index >= 15 is 0 Å². The number of nitrogens with one attached hydrogen (secondary N) is 1. The summed E-state index contributed by atoms with van der Waals surface area (Å²) < 4.78 is 49.4. The molecule has 18 heavy (non-hydrogen) atoms. The Morgan fingerprint density at radius 1 is 1.44 bits per heavy atom. The van der Waals surface area contributed by atoms with Crippen LogP contribution in [0.3, 0.4) is 0 Å². The molecule has 0 atom stereocenters. The van der Waals surface area contributed by atoms with E-state index < -0.39 is 24.8 Å². The van der Waals surface area contributed by atoms with Crippen molar-refractivity contribution in [3.63, 3.8) is 0 Å². The smallest absolute Gasteiger partial charge is 0.324 e. The Kier molecular flexibility index (Phi) is 4.72. The van der Waals surface area contributed by atoms with E-state index in [2.05, 4.69) is 15.9 Å².